The Hall–Kier alpha value is -2.70. The highest BCUT2D eigenvalue weighted by molar-refractivity contribution is 5.94. The minimum absolute atomic E-state index is 0. The first-order valence-electron chi connectivity index (χ1n) is 9.63. The monoisotopic (exact) mass is 409 g/mol. The third-order valence-electron chi connectivity index (χ3n) is 5.27. The summed E-state index contributed by atoms with van der Waals surface area (Å²) in [7, 11) is 0. The molecule has 4 aromatic rings. The molecule has 0 aliphatic heterocycles. The third kappa shape index (κ3) is 4.55. The molecule has 6 heteroatoms. The summed E-state index contributed by atoms with van der Waals surface area (Å²) in [4.78, 5) is 15.6. The second-order valence-corrected chi connectivity index (χ2v) is 8.47. The number of H-pyrrole nitrogens is 2. The standard InChI is InChI=1S/C22H27N5O.2CH4/c1-13-25-20-16(7-8-23-21(20)26-13)18-10-15-9-14(5-6-17(15)27-18)11-24-19(12-28)22(2,3)4;;/h5-10,19,24,27-28H,11-12H2,1-4H3,(H,23,25,26);2*1H4/t19-;;/m1../s1. The fourth-order valence-electron chi connectivity index (χ4n) is 3.57. The van der Waals surface area contributed by atoms with Gasteiger partial charge in [-0.2, -0.15) is 0 Å². The van der Waals surface area contributed by atoms with Gasteiger partial charge in [-0.1, -0.05) is 41.7 Å². The second-order valence-electron chi connectivity index (χ2n) is 8.47. The minimum Gasteiger partial charge on any atom is -0.395 e. The van der Waals surface area contributed by atoms with Crippen LogP contribution >= 0.6 is 0 Å². The van der Waals surface area contributed by atoms with Gasteiger partial charge in [-0.05, 0) is 42.2 Å². The predicted molar refractivity (Wildman–Crippen MR) is 127 cm³/mol. The summed E-state index contributed by atoms with van der Waals surface area (Å²) < 4.78 is 0. The molecule has 0 saturated heterocycles. The van der Waals surface area contributed by atoms with E-state index < -0.39 is 0 Å². The zero-order valence-electron chi connectivity index (χ0n) is 16.8. The van der Waals surface area contributed by atoms with E-state index in [1.165, 1.54) is 5.56 Å². The molecule has 0 unspecified atom stereocenters. The van der Waals surface area contributed by atoms with Gasteiger partial charge in [-0.15, -0.1) is 0 Å². The third-order valence-corrected chi connectivity index (χ3v) is 5.27. The molecule has 4 N–H and O–H groups in total. The Morgan fingerprint density at radius 2 is 1.87 bits per heavy atom. The number of aromatic amines is 2. The number of aryl methyl sites for hydroxylation is 1. The van der Waals surface area contributed by atoms with Crippen molar-refractivity contribution >= 4 is 22.1 Å². The van der Waals surface area contributed by atoms with E-state index >= 15 is 0 Å². The number of aliphatic hydroxyl groups excluding tert-OH is 1. The molecule has 3 heterocycles. The van der Waals surface area contributed by atoms with Gasteiger partial charge in [-0.25, -0.2) is 9.97 Å². The van der Waals surface area contributed by atoms with E-state index in [9.17, 15) is 5.11 Å². The summed E-state index contributed by atoms with van der Waals surface area (Å²) in [6, 6.07) is 10.6. The maximum Gasteiger partial charge on any atom is 0.178 e. The molecule has 0 spiro atoms. The van der Waals surface area contributed by atoms with Crippen molar-refractivity contribution in [2.45, 2.75) is 55.1 Å². The average Bonchev–Trinajstić information content (AvgIpc) is 3.22. The van der Waals surface area contributed by atoms with Crippen molar-refractivity contribution in [2.24, 2.45) is 5.41 Å². The number of hydrogen-bond acceptors (Lipinski definition) is 4. The minimum atomic E-state index is 0. The number of imidazole rings is 1. The van der Waals surface area contributed by atoms with Crippen LogP contribution in [-0.4, -0.2) is 37.7 Å². The average molecular weight is 410 g/mol. The van der Waals surface area contributed by atoms with Crippen LogP contribution in [0.2, 0.25) is 0 Å². The molecule has 30 heavy (non-hydrogen) atoms. The number of pyridine rings is 1. The predicted octanol–water partition coefficient (Wildman–Crippen LogP) is 5.18. The molecule has 0 aliphatic carbocycles. The van der Waals surface area contributed by atoms with Crippen molar-refractivity contribution in [1.82, 2.24) is 25.3 Å². The van der Waals surface area contributed by atoms with E-state index in [1.807, 2.05) is 13.0 Å². The lowest BCUT2D eigenvalue weighted by Crippen LogP contribution is -2.42. The number of aliphatic hydroxyl groups is 1. The molecule has 0 amide bonds. The van der Waals surface area contributed by atoms with Crippen LogP contribution in [0.25, 0.3) is 33.3 Å². The molecule has 3 aromatic heterocycles. The molecule has 0 aliphatic rings. The topological polar surface area (TPSA) is 89.6 Å². The van der Waals surface area contributed by atoms with E-state index in [4.69, 9.17) is 0 Å². The SMILES string of the molecule is C.C.Cc1nc2nccc(-c3cc4cc(CN[C@H](CO)C(C)(C)C)ccc4[nH]3)c2[nH]1. The lowest BCUT2D eigenvalue weighted by atomic mass is 9.87. The quantitative estimate of drug-likeness (QED) is 0.365. The molecule has 0 bridgehead atoms. The van der Waals surface area contributed by atoms with Crippen LogP contribution in [0.15, 0.2) is 36.5 Å². The van der Waals surface area contributed by atoms with Crippen molar-refractivity contribution in [3.05, 3.63) is 47.9 Å². The van der Waals surface area contributed by atoms with Gasteiger partial charge in [0.2, 0.25) is 0 Å². The summed E-state index contributed by atoms with van der Waals surface area (Å²) in [5.41, 5.74) is 6.08. The van der Waals surface area contributed by atoms with Crippen LogP contribution in [0.3, 0.4) is 0 Å². The maximum absolute atomic E-state index is 9.65. The molecule has 4 rings (SSSR count). The first-order chi connectivity index (χ1) is 13.3. The summed E-state index contributed by atoms with van der Waals surface area (Å²) in [5.74, 6) is 0.858. The normalized spacial score (nSPS) is 12.6. The summed E-state index contributed by atoms with van der Waals surface area (Å²) in [5, 5.41) is 14.3. The lowest BCUT2D eigenvalue weighted by molar-refractivity contribution is 0.158. The molecule has 162 valence electrons. The Bertz CT molecular complexity index is 1120. The van der Waals surface area contributed by atoms with E-state index in [0.717, 1.165) is 45.7 Å². The fraction of sp³-hybridized carbons (Fsp3) is 0.417. The van der Waals surface area contributed by atoms with Crippen molar-refractivity contribution < 1.29 is 5.11 Å². The zero-order chi connectivity index (χ0) is 19.9. The van der Waals surface area contributed by atoms with Gasteiger partial charge in [0.1, 0.15) is 5.82 Å². The van der Waals surface area contributed by atoms with Gasteiger partial charge in [0, 0.05) is 40.9 Å². The molecule has 1 atom stereocenters. The van der Waals surface area contributed by atoms with E-state index in [2.05, 4.69) is 70.3 Å². The highest BCUT2D eigenvalue weighted by atomic mass is 16.3. The Morgan fingerprint density at radius 3 is 2.57 bits per heavy atom. The fourth-order valence-corrected chi connectivity index (χ4v) is 3.57. The molecule has 1 aromatic carbocycles. The van der Waals surface area contributed by atoms with Crippen molar-refractivity contribution in [1.29, 1.82) is 0 Å². The second kappa shape index (κ2) is 8.98. The largest absolute Gasteiger partial charge is 0.395 e. The molecular weight excluding hydrogens is 374 g/mol. The number of fused-ring (bicyclic) bond motifs is 2. The lowest BCUT2D eigenvalue weighted by Gasteiger charge is -2.30. The van der Waals surface area contributed by atoms with Crippen molar-refractivity contribution in [3.63, 3.8) is 0 Å². The number of rotatable bonds is 5. The number of hydrogen-bond donors (Lipinski definition) is 4. The number of nitrogens with one attached hydrogen (secondary N) is 3. The van der Waals surface area contributed by atoms with E-state index in [1.54, 1.807) is 6.20 Å². The number of nitrogens with zero attached hydrogens (tertiary/aromatic N) is 2. The van der Waals surface area contributed by atoms with Gasteiger partial charge in [-0.3, -0.25) is 0 Å². The molecule has 0 fully saturated rings. The highest BCUT2D eigenvalue weighted by Gasteiger charge is 2.23. The number of benzene rings is 1. The Balaban J connectivity index is 0.00000160. The van der Waals surface area contributed by atoms with Gasteiger partial charge >= 0.3 is 0 Å². The maximum atomic E-state index is 9.65. The van der Waals surface area contributed by atoms with Crippen LogP contribution in [0.1, 0.15) is 47.0 Å². The molecular formula is C24H35N5O. The molecule has 0 radical (unpaired) electrons. The van der Waals surface area contributed by atoms with Crippen LogP contribution in [0, 0.1) is 12.3 Å². The van der Waals surface area contributed by atoms with Gasteiger partial charge in [0.05, 0.1) is 12.1 Å². The first-order valence-corrected chi connectivity index (χ1v) is 9.63. The van der Waals surface area contributed by atoms with Crippen LogP contribution < -0.4 is 5.32 Å². The van der Waals surface area contributed by atoms with Crippen LogP contribution in [0.4, 0.5) is 0 Å². The van der Waals surface area contributed by atoms with E-state index in [-0.39, 0.29) is 32.9 Å². The Morgan fingerprint density at radius 1 is 1.10 bits per heavy atom. The number of aromatic nitrogens is 4. The Labute approximate surface area is 179 Å². The summed E-state index contributed by atoms with van der Waals surface area (Å²) >= 11 is 0. The van der Waals surface area contributed by atoms with Crippen molar-refractivity contribution in [3.8, 4) is 11.3 Å². The highest BCUT2D eigenvalue weighted by Crippen LogP contribution is 2.29. The molecule has 6 nitrogen and oxygen atoms in total. The van der Waals surface area contributed by atoms with Gasteiger partial charge in [0.15, 0.2) is 5.65 Å². The smallest absolute Gasteiger partial charge is 0.178 e. The zero-order valence-corrected chi connectivity index (χ0v) is 16.8. The van der Waals surface area contributed by atoms with Crippen molar-refractivity contribution in [2.75, 3.05) is 6.61 Å². The van der Waals surface area contributed by atoms with E-state index in [0.29, 0.717) is 0 Å². The van der Waals surface area contributed by atoms with Gasteiger partial charge < -0.3 is 20.4 Å². The molecule has 0 saturated carbocycles. The van der Waals surface area contributed by atoms with Crippen LogP contribution in [0.5, 0.6) is 0 Å². The van der Waals surface area contributed by atoms with Crippen LogP contribution in [-0.2, 0) is 6.54 Å². The van der Waals surface area contributed by atoms with Gasteiger partial charge in [0.25, 0.3) is 0 Å². The first kappa shape index (κ1) is 23.6. The summed E-state index contributed by atoms with van der Waals surface area (Å²) in [6.07, 6.45) is 1.79. The Kier molecular flexibility index (Phi) is 7.06. The summed E-state index contributed by atoms with van der Waals surface area (Å²) in [6.45, 7) is 9.19.